The van der Waals surface area contributed by atoms with Crippen molar-refractivity contribution in [3.63, 3.8) is 0 Å². The largest absolute Gasteiger partial charge is 0.417 e. The summed E-state index contributed by atoms with van der Waals surface area (Å²) < 4.78 is 40.2. The van der Waals surface area contributed by atoms with Crippen molar-refractivity contribution in [3.8, 4) is 11.3 Å². The van der Waals surface area contributed by atoms with Gasteiger partial charge < -0.3 is 5.32 Å². The van der Waals surface area contributed by atoms with Gasteiger partial charge in [-0.2, -0.15) is 13.2 Å². The minimum Gasteiger partial charge on any atom is -0.321 e. The highest BCUT2D eigenvalue weighted by Crippen LogP contribution is 2.36. The molecule has 29 heavy (non-hydrogen) atoms. The number of rotatable bonds is 3. The highest BCUT2D eigenvalue weighted by Gasteiger charge is 2.33. The van der Waals surface area contributed by atoms with Crippen LogP contribution in [0.15, 0.2) is 79.1 Å². The molecule has 1 amide bonds. The monoisotopic (exact) mass is 393 g/mol. The molecule has 0 saturated carbocycles. The van der Waals surface area contributed by atoms with Crippen LogP contribution in [0.25, 0.3) is 22.2 Å². The van der Waals surface area contributed by atoms with Crippen LogP contribution < -0.4 is 5.32 Å². The second kappa shape index (κ2) is 7.35. The maximum absolute atomic E-state index is 13.4. The number of nitrogens with one attached hydrogen (secondary N) is 1. The molecule has 2 aromatic carbocycles. The molecule has 0 aliphatic heterocycles. The highest BCUT2D eigenvalue weighted by atomic mass is 19.4. The Bertz CT molecular complexity index is 1190. The zero-order chi connectivity index (χ0) is 20.4. The van der Waals surface area contributed by atoms with Gasteiger partial charge in [0.25, 0.3) is 5.91 Å². The number of carbonyl (C=O) groups excluding carboxylic acids is 1. The molecule has 0 unspecified atom stereocenters. The fraction of sp³-hybridized carbons (Fsp3) is 0.0455. The number of nitrogens with zero attached hydrogens (tertiary/aromatic N) is 2. The van der Waals surface area contributed by atoms with Gasteiger partial charge in [0, 0.05) is 17.1 Å². The van der Waals surface area contributed by atoms with Gasteiger partial charge in [-0.3, -0.25) is 9.78 Å². The molecule has 0 radical (unpaired) electrons. The van der Waals surface area contributed by atoms with Gasteiger partial charge in [-0.05, 0) is 30.3 Å². The number of aromatic nitrogens is 2. The number of para-hydroxylation sites is 1. The van der Waals surface area contributed by atoms with Crippen molar-refractivity contribution in [2.45, 2.75) is 6.18 Å². The Hall–Kier alpha value is -3.74. The average molecular weight is 393 g/mol. The maximum atomic E-state index is 13.4. The molecule has 0 spiro atoms. The lowest BCUT2D eigenvalue weighted by Crippen LogP contribution is -2.13. The van der Waals surface area contributed by atoms with Gasteiger partial charge in [0.2, 0.25) is 0 Å². The molecule has 144 valence electrons. The third-order valence-electron chi connectivity index (χ3n) is 4.39. The van der Waals surface area contributed by atoms with Crippen molar-refractivity contribution >= 4 is 22.5 Å². The third-order valence-corrected chi connectivity index (χ3v) is 4.39. The first-order valence-electron chi connectivity index (χ1n) is 8.71. The highest BCUT2D eigenvalue weighted by molar-refractivity contribution is 6.12. The van der Waals surface area contributed by atoms with Crippen molar-refractivity contribution in [1.82, 2.24) is 9.97 Å². The Morgan fingerprint density at radius 3 is 2.48 bits per heavy atom. The van der Waals surface area contributed by atoms with E-state index in [1.54, 1.807) is 42.6 Å². The van der Waals surface area contributed by atoms with Crippen molar-refractivity contribution in [1.29, 1.82) is 0 Å². The number of fused-ring (bicyclic) bond motifs is 1. The van der Waals surface area contributed by atoms with E-state index in [0.29, 0.717) is 16.6 Å². The van der Waals surface area contributed by atoms with Gasteiger partial charge in [-0.1, -0.05) is 36.4 Å². The summed E-state index contributed by atoms with van der Waals surface area (Å²) in [6, 6.07) is 16.8. The van der Waals surface area contributed by atoms with E-state index in [1.807, 2.05) is 0 Å². The van der Waals surface area contributed by atoms with Crippen molar-refractivity contribution < 1.29 is 18.0 Å². The number of anilines is 1. The second-order valence-corrected chi connectivity index (χ2v) is 6.31. The number of pyridine rings is 2. The first-order chi connectivity index (χ1) is 13.9. The van der Waals surface area contributed by atoms with E-state index in [-0.39, 0.29) is 16.8 Å². The fourth-order valence-corrected chi connectivity index (χ4v) is 3.07. The molecule has 4 rings (SSSR count). The zero-order valence-corrected chi connectivity index (χ0v) is 14.9. The number of amides is 1. The fourth-order valence-electron chi connectivity index (χ4n) is 3.07. The van der Waals surface area contributed by atoms with Crippen LogP contribution >= 0.6 is 0 Å². The summed E-state index contributed by atoms with van der Waals surface area (Å²) in [4.78, 5) is 21.1. The molecular formula is C22H14F3N3O. The summed E-state index contributed by atoms with van der Waals surface area (Å²) in [5, 5.41) is 3.37. The molecule has 0 aliphatic carbocycles. The number of alkyl halides is 3. The smallest absolute Gasteiger partial charge is 0.321 e. The molecule has 7 heteroatoms. The molecule has 2 aromatic heterocycles. The lowest BCUT2D eigenvalue weighted by molar-refractivity contribution is -0.137. The molecule has 2 heterocycles. The van der Waals surface area contributed by atoms with E-state index in [4.69, 9.17) is 0 Å². The van der Waals surface area contributed by atoms with E-state index in [0.717, 1.165) is 6.07 Å². The summed E-state index contributed by atoms with van der Waals surface area (Å²) in [7, 11) is 0. The Morgan fingerprint density at radius 2 is 1.72 bits per heavy atom. The normalized spacial score (nSPS) is 11.4. The van der Waals surface area contributed by atoms with Gasteiger partial charge in [0.15, 0.2) is 0 Å². The van der Waals surface area contributed by atoms with Gasteiger partial charge in [0.1, 0.15) is 0 Å². The summed E-state index contributed by atoms with van der Waals surface area (Å²) >= 11 is 0. The SMILES string of the molecule is O=C(Nc1cccnc1)c1cccc2ccc(-c3ccccc3C(F)(F)F)nc12. The molecule has 0 aliphatic rings. The Morgan fingerprint density at radius 1 is 0.897 bits per heavy atom. The summed E-state index contributed by atoms with van der Waals surface area (Å²) in [5.41, 5.74) is 0.426. The molecule has 4 aromatic rings. The van der Waals surface area contributed by atoms with Gasteiger partial charge in [-0.25, -0.2) is 4.98 Å². The van der Waals surface area contributed by atoms with Crippen LogP contribution in [0, 0.1) is 0 Å². The third kappa shape index (κ3) is 3.80. The minimum absolute atomic E-state index is 0.0376. The maximum Gasteiger partial charge on any atom is 0.417 e. The van der Waals surface area contributed by atoms with Crippen molar-refractivity contribution in [2.75, 3.05) is 5.32 Å². The Balaban J connectivity index is 1.81. The van der Waals surface area contributed by atoms with E-state index in [2.05, 4.69) is 15.3 Å². The zero-order valence-electron chi connectivity index (χ0n) is 14.9. The predicted octanol–water partition coefficient (Wildman–Crippen LogP) is 5.57. The number of halogens is 3. The predicted molar refractivity (Wildman–Crippen MR) is 104 cm³/mol. The lowest BCUT2D eigenvalue weighted by Gasteiger charge is -2.13. The van der Waals surface area contributed by atoms with Gasteiger partial charge in [-0.15, -0.1) is 0 Å². The van der Waals surface area contributed by atoms with Crippen LogP contribution in [0.5, 0.6) is 0 Å². The van der Waals surface area contributed by atoms with Crippen molar-refractivity contribution in [3.05, 3.63) is 90.3 Å². The van der Waals surface area contributed by atoms with Crippen LogP contribution in [0.4, 0.5) is 18.9 Å². The second-order valence-electron chi connectivity index (χ2n) is 6.31. The quantitative estimate of drug-likeness (QED) is 0.495. The summed E-state index contributed by atoms with van der Waals surface area (Å²) in [5.74, 6) is -0.419. The number of hydrogen-bond acceptors (Lipinski definition) is 3. The summed E-state index contributed by atoms with van der Waals surface area (Å²) in [6.07, 6.45) is -1.43. The standard InChI is InChI=1S/C22H14F3N3O/c23-22(24,25)18-9-2-1-7-16(18)19-11-10-14-5-3-8-17(20(14)28-19)21(29)27-15-6-4-12-26-13-15/h1-13H,(H,27,29). The summed E-state index contributed by atoms with van der Waals surface area (Å²) in [6.45, 7) is 0. The van der Waals surface area contributed by atoms with E-state index >= 15 is 0 Å². The molecule has 4 nitrogen and oxygen atoms in total. The average Bonchev–Trinajstić information content (AvgIpc) is 2.73. The number of hydrogen-bond donors (Lipinski definition) is 1. The number of carbonyl (C=O) groups is 1. The Kier molecular flexibility index (Phi) is 4.72. The van der Waals surface area contributed by atoms with Crippen LogP contribution in [-0.4, -0.2) is 15.9 Å². The lowest BCUT2D eigenvalue weighted by atomic mass is 10.0. The first-order valence-corrected chi connectivity index (χ1v) is 8.71. The molecule has 1 N–H and O–H groups in total. The topological polar surface area (TPSA) is 54.9 Å². The first kappa shape index (κ1) is 18.6. The Labute approximate surface area is 164 Å². The van der Waals surface area contributed by atoms with Crippen LogP contribution in [0.2, 0.25) is 0 Å². The van der Waals surface area contributed by atoms with Crippen LogP contribution in [0.3, 0.4) is 0 Å². The van der Waals surface area contributed by atoms with E-state index < -0.39 is 17.6 Å². The minimum atomic E-state index is -4.51. The molecular weight excluding hydrogens is 379 g/mol. The molecule has 0 bridgehead atoms. The van der Waals surface area contributed by atoms with Crippen LogP contribution in [0.1, 0.15) is 15.9 Å². The van der Waals surface area contributed by atoms with E-state index in [9.17, 15) is 18.0 Å². The van der Waals surface area contributed by atoms with Gasteiger partial charge >= 0.3 is 6.18 Å². The van der Waals surface area contributed by atoms with Crippen molar-refractivity contribution in [2.24, 2.45) is 0 Å². The van der Waals surface area contributed by atoms with Gasteiger partial charge in [0.05, 0.1) is 34.2 Å². The van der Waals surface area contributed by atoms with E-state index in [1.165, 1.54) is 30.5 Å². The van der Waals surface area contributed by atoms with Crippen LogP contribution in [-0.2, 0) is 6.18 Å². The molecule has 0 fully saturated rings. The number of benzene rings is 2. The molecule has 0 saturated heterocycles. The molecule has 0 atom stereocenters.